The van der Waals surface area contributed by atoms with E-state index in [4.69, 9.17) is 14.2 Å². The Kier molecular flexibility index (Phi) is 5.80. The fourth-order valence-corrected chi connectivity index (χ4v) is 3.26. The minimum Gasteiger partial charge on any atom is -0.490 e. The average molecular weight is 415 g/mol. The van der Waals surface area contributed by atoms with Crippen molar-refractivity contribution in [1.29, 1.82) is 0 Å². The molecule has 0 unspecified atom stereocenters. The van der Waals surface area contributed by atoms with Crippen LogP contribution in [0.5, 0.6) is 11.5 Å². The third kappa shape index (κ3) is 4.33. The lowest BCUT2D eigenvalue weighted by Gasteiger charge is -2.10. The summed E-state index contributed by atoms with van der Waals surface area (Å²) in [4.78, 5) is 28.5. The summed E-state index contributed by atoms with van der Waals surface area (Å²) in [6, 6.07) is 18.7. The molecule has 6 nitrogen and oxygen atoms in total. The molecule has 0 fully saturated rings. The molecular weight excluding hydrogens is 394 g/mol. The Morgan fingerprint density at radius 1 is 1.03 bits per heavy atom. The molecule has 3 aromatic carbocycles. The van der Waals surface area contributed by atoms with E-state index in [-0.39, 0.29) is 24.0 Å². The number of carbonyl (C=O) groups excluding carboxylic acids is 2. The Morgan fingerprint density at radius 2 is 1.84 bits per heavy atom. The van der Waals surface area contributed by atoms with Gasteiger partial charge in [-0.1, -0.05) is 49.4 Å². The van der Waals surface area contributed by atoms with Gasteiger partial charge in [0.15, 0.2) is 17.2 Å². The molecule has 0 radical (unpaired) electrons. The van der Waals surface area contributed by atoms with Crippen LogP contribution in [0.15, 0.2) is 71.4 Å². The van der Waals surface area contributed by atoms with Gasteiger partial charge in [-0.25, -0.2) is 9.79 Å². The fraction of sp³-hybridized carbons (Fsp3) is 0.160. The molecule has 0 amide bonds. The summed E-state index contributed by atoms with van der Waals surface area (Å²) in [5.74, 6) is 0.151. The molecule has 0 aliphatic carbocycles. The Morgan fingerprint density at radius 3 is 2.65 bits per heavy atom. The maximum Gasteiger partial charge on any atom is 0.363 e. The number of esters is 2. The van der Waals surface area contributed by atoms with Gasteiger partial charge in [0, 0.05) is 12.0 Å². The normalized spacial score (nSPS) is 14.5. The number of nitrogens with zero attached hydrogens (tertiary/aromatic N) is 1. The van der Waals surface area contributed by atoms with Crippen LogP contribution in [0.4, 0.5) is 0 Å². The summed E-state index contributed by atoms with van der Waals surface area (Å²) < 4.78 is 16.4. The molecule has 0 aromatic heterocycles. The molecule has 0 N–H and O–H groups in total. The van der Waals surface area contributed by atoms with E-state index in [0.717, 1.165) is 16.3 Å². The Bertz CT molecular complexity index is 1220. The molecule has 0 saturated carbocycles. The highest BCUT2D eigenvalue weighted by atomic mass is 16.6. The largest absolute Gasteiger partial charge is 0.490 e. The first-order valence-electron chi connectivity index (χ1n) is 10.1. The van der Waals surface area contributed by atoms with E-state index in [0.29, 0.717) is 23.7 Å². The van der Waals surface area contributed by atoms with E-state index < -0.39 is 5.97 Å². The highest BCUT2D eigenvalue weighted by molar-refractivity contribution is 6.17. The van der Waals surface area contributed by atoms with Gasteiger partial charge in [-0.2, -0.15) is 0 Å². The van der Waals surface area contributed by atoms with Crippen molar-refractivity contribution in [3.8, 4) is 11.5 Å². The van der Waals surface area contributed by atoms with Gasteiger partial charge < -0.3 is 14.2 Å². The molecule has 1 aliphatic rings. The fourth-order valence-electron chi connectivity index (χ4n) is 3.26. The molecular formula is C25H21NO5. The van der Waals surface area contributed by atoms with Crippen molar-refractivity contribution in [2.75, 3.05) is 6.61 Å². The van der Waals surface area contributed by atoms with Crippen LogP contribution >= 0.6 is 0 Å². The van der Waals surface area contributed by atoms with Crippen molar-refractivity contribution in [2.45, 2.75) is 20.3 Å². The van der Waals surface area contributed by atoms with Crippen molar-refractivity contribution < 1.29 is 23.8 Å². The van der Waals surface area contributed by atoms with E-state index in [2.05, 4.69) is 4.99 Å². The number of aliphatic imine (C=N–C) groups is 1. The van der Waals surface area contributed by atoms with E-state index in [1.807, 2.05) is 49.4 Å². The van der Waals surface area contributed by atoms with Crippen LogP contribution in [0.2, 0.25) is 0 Å². The minimum atomic E-state index is -0.526. The van der Waals surface area contributed by atoms with Gasteiger partial charge in [0.25, 0.3) is 0 Å². The lowest BCUT2D eigenvalue weighted by Crippen LogP contribution is -2.07. The third-order valence-electron chi connectivity index (χ3n) is 4.72. The molecule has 31 heavy (non-hydrogen) atoms. The van der Waals surface area contributed by atoms with Crippen molar-refractivity contribution >= 4 is 34.7 Å². The van der Waals surface area contributed by atoms with Crippen LogP contribution < -0.4 is 9.47 Å². The van der Waals surface area contributed by atoms with Crippen molar-refractivity contribution in [3.05, 3.63) is 77.5 Å². The lowest BCUT2D eigenvalue weighted by atomic mass is 10.0. The predicted molar refractivity (Wildman–Crippen MR) is 118 cm³/mol. The van der Waals surface area contributed by atoms with Gasteiger partial charge in [-0.15, -0.1) is 0 Å². The van der Waals surface area contributed by atoms with Crippen LogP contribution in [0.3, 0.4) is 0 Å². The highest BCUT2D eigenvalue weighted by Crippen LogP contribution is 2.31. The average Bonchev–Trinajstić information content (AvgIpc) is 3.15. The highest BCUT2D eigenvalue weighted by Gasteiger charge is 2.25. The molecule has 4 rings (SSSR count). The van der Waals surface area contributed by atoms with Gasteiger partial charge in [0.2, 0.25) is 5.90 Å². The molecule has 3 aromatic rings. The Hall–Kier alpha value is -3.93. The quantitative estimate of drug-likeness (QED) is 0.325. The predicted octanol–water partition coefficient (Wildman–Crippen LogP) is 4.90. The van der Waals surface area contributed by atoms with Gasteiger partial charge >= 0.3 is 11.9 Å². The van der Waals surface area contributed by atoms with E-state index in [1.165, 1.54) is 0 Å². The summed E-state index contributed by atoms with van der Waals surface area (Å²) in [5, 5.41) is 1.99. The zero-order valence-corrected chi connectivity index (χ0v) is 17.3. The SMILES string of the molecule is CCOc1cc(C=C2N=C(c3cccc4ccccc34)OC2=O)ccc1OC(=O)CC. The number of fused-ring (bicyclic) bond motifs is 1. The maximum atomic E-state index is 12.5. The van der Waals surface area contributed by atoms with Gasteiger partial charge in [-0.3, -0.25) is 4.79 Å². The van der Waals surface area contributed by atoms with E-state index in [1.54, 1.807) is 31.2 Å². The second kappa shape index (κ2) is 8.83. The van der Waals surface area contributed by atoms with Crippen LogP contribution in [0, 0.1) is 0 Å². The second-order valence-electron chi connectivity index (χ2n) is 6.83. The molecule has 6 heteroatoms. The molecule has 0 bridgehead atoms. The van der Waals surface area contributed by atoms with Crippen LogP contribution in [-0.4, -0.2) is 24.4 Å². The Balaban J connectivity index is 1.68. The first-order chi connectivity index (χ1) is 15.1. The number of ether oxygens (including phenoxy) is 3. The standard InChI is InChI=1S/C25H21NO5/c1-3-23(27)30-21-13-12-16(15-22(21)29-4-2)14-20-25(28)31-24(26-20)19-11-7-9-17-8-5-6-10-18(17)19/h5-15H,3-4H2,1-2H3. The third-order valence-corrected chi connectivity index (χ3v) is 4.72. The maximum absolute atomic E-state index is 12.5. The van der Waals surface area contributed by atoms with Crippen molar-refractivity contribution in [2.24, 2.45) is 4.99 Å². The number of hydrogen-bond donors (Lipinski definition) is 0. The minimum absolute atomic E-state index is 0.184. The molecule has 0 spiro atoms. The molecule has 0 saturated heterocycles. The van der Waals surface area contributed by atoms with Crippen molar-refractivity contribution in [3.63, 3.8) is 0 Å². The number of benzene rings is 3. The smallest absolute Gasteiger partial charge is 0.363 e. The molecule has 1 heterocycles. The van der Waals surface area contributed by atoms with Crippen LogP contribution in [0.25, 0.3) is 16.8 Å². The number of rotatable bonds is 6. The molecule has 1 aliphatic heterocycles. The number of carbonyl (C=O) groups is 2. The second-order valence-corrected chi connectivity index (χ2v) is 6.83. The lowest BCUT2D eigenvalue weighted by molar-refractivity contribution is -0.134. The van der Waals surface area contributed by atoms with E-state index >= 15 is 0 Å². The molecule has 0 atom stereocenters. The zero-order chi connectivity index (χ0) is 21.8. The monoisotopic (exact) mass is 415 g/mol. The van der Waals surface area contributed by atoms with Crippen LogP contribution in [0.1, 0.15) is 31.4 Å². The summed E-state index contributed by atoms with van der Waals surface area (Å²) in [6.45, 7) is 3.96. The summed E-state index contributed by atoms with van der Waals surface area (Å²) in [7, 11) is 0. The molecule has 156 valence electrons. The number of cyclic esters (lactones) is 1. The first-order valence-corrected chi connectivity index (χ1v) is 10.1. The van der Waals surface area contributed by atoms with E-state index in [9.17, 15) is 9.59 Å². The topological polar surface area (TPSA) is 74.2 Å². The first kappa shape index (κ1) is 20.3. The summed E-state index contributed by atoms with van der Waals surface area (Å²) in [5.41, 5.74) is 1.62. The zero-order valence-electron chi connectivity index (χ0n) is 17.3. The van der Waals surface area contributed by atoms with Crippen molar-refractivity contribution in [1.82, 2.24) is 0 Å². The van der Waals surface area contributed by atoms with Gasteiger partial charge in [0.1, 0.15) is 0 Å². The summed E-state index contributed by atoms with van der Waals surface area (Å²) in [6.07, 6.45) is 1.88. The number of hydrogen-bond acceptors (Lipinski definition) is 6. The Labute approximate surface area is 179 Å². The van der Waals surface area contributed by atoms with Crippen LogP contribution in [-0.2, 0) is 14.3 Å². The van der Waals surface area contributed by atoms with Gasteiger partial charge in [-0.05, 0) is 47.5 Å². The van der Waals surface area contributed by atoms with Gasteiger partial charge in [0.05, 0.1) is 6.61 Å². The summed E-state index contributed by atoms with van der Waals surface area (Å²) >= 11 is 0.